The average molecular weight is 530 g/mol. The SMILES string of the molecule is Clc1cc(NCCCN2CCOCC2)nc(NCc2ccc(CNCCCNC3CCCCC3)cc2)n1. The van der Waals surface area contributed by atoms with E-state index in [4.69, 9.17) is 16.3 Å². The summed E-state index contributed by atoms with van der Waals surface area (Å²) >= 11 is 6.24. The molecule has 4 rings (SSSR count). The normalized spacial score (nSPS) is 17.1. The topological polar surface area (TPSA) is 86.4 Å². The summed E-state index contributed by atoms with van der Waals surface area (Å²) in [5.41, 5.74) is 2.48. The summed E-state index contributed by atoms with van der Waals surface area (Å²) in [5, 5.41) is 14.4. The van der Waals surface area contributed by atoms with E-state index in [2.05, 4.69) is 60.4 Å². The maximum absolute atomic E-state index is 6.24. The summed E-state index contributed by atoms with van der Waals surface area (Å²) in [5.74, 6) is 1.29. The second-order valence-corrected chi connectivity index (χ2v) is 10.5. The zero-order valence-corrected chi connectivity index (χ0v) is 22.9. The van der Waals surface area contributed by atoms with Crippen molar-refractivity contribution >= 4 is 23.4 Å². The maximum atomic E-state index is 6.24. The predicted octanol–water partition coefficient (Wildman–Crippen LogP) is 4.28. The Bertz CT molecular complexity index is 902. The van der Waals surface area contributed by atoms with Gasteiger partial charge in [-0.1, -0.05) is 55.1 Å². The van der Waals surface area contributed by atoms with Crippen molar-refractivity contribution in [1.29, 1.82) is 0 Å². The lowest BCUT2D eigenvalue weighted by atomic mass is 9.95. The third kappa shape index (κ3) is 10.7. The largest absolute Gasteiger partial charge is 0.379 e. The quantitative estimate of drug-likeness (QED) is 0.201. The predicted molar refractivity (Wildman–Crippen MR) is 152 cm³/mol. The minimum absolute atomic E-state index is 0.434. The van der Waals surface area contributed by atoms with Crippen molar-refractivity contribution in [2.75, 3.05) is 63.1 Å². The molecule has 0 unspecified atom stereocenters. The van der Waals surface area contributed by atoms with E-state index in [0.29, 0.717) is 17.6 Å². The molecular formula is C28H44ClN7O. The minimum Gasteiger partial charge on any atom is -0.379 e. The van der Waals surface area contributed by atoms with E-state index in [1.165, 1.54) is 49.7 Å². The summed E-state index contributed by atoms with van der Waals surface area (Å²) in [6, 6.07) is 11.2. The summed E-state index contributed by atoms with van der Waals surface area (Å²) in [6.07, 6.45) is 9.12. The molecule has 1 saturated heterocycles. The van der Waals surface area contributed by atoms with Crippen molar-refractivity contribution in [1.82, 2.24) is 25.5 Å². The van der Waals surface area contributed by atoms with E-state index < -0.39 is 0 Å². The first kappa shape index (κ1) is 28.0. The molecule has 2 heterocycles. The highest BCUT2D eigenvalue weighted by Gasteiger charge is 2.12. The van der Waals surface area contributed by atoms with Gasteiger partial charge in [0, 0.05) is 44.8 Å². The monoisotopic (exact) mass is 529 g/mol. The van der Waals surface area contributed by atoms with Crippen LogP contribution in [0.1, 0.15) is 56.1 Å². The van der Waals surface area contributed by atoms with E-state index in [1.807, 2.05) is 0 Å². The fourth-order valence-corrected chi connectivity index (χ4v) is 5.13. The number of hydrogen-bond acceptors (Lipinski definition) is 8. The Balaban J connectivity index is 1.10. The van der Waals surface area contributed by atoms with Gasteiger partial charge in [-0.15, -0.1) is 0 Å². The van der Waals surface area contributed by atoms with Gasteiger partial charge in [-0.25, -0.2) is 4.98 Å². The fourth-order valence-electron chi connectivity index (χ4n) is 4.95. The molecule has 1 aliphatic carbocycles. The number of aromatic nitrogens is 2. The molecule has 0 spiro atoms. The zero-order valence-electron chi connectivity index (χ0n) is 22.1. The van der Waals surface area contributed by atoms with Crippen LogP contribution < -0.4 is 21.3 Å². The van der Waals surface area contributed by atoms with Crippen LogP contribution in [0.4, 0.5) is 11.8 Å². The minimum atomic E-state index is 0.434. The molecule has 1 aromatic heterocycles. The number of nitrogens with one attached hydrogen (secondary N) is 4. The number of ether oxygens (including phenoxy) is 1. The van der Waals surface area contributed by atoms with Crippen molar-refractivity contribution in [3.05, 3.63) is 46.6 Å². The Labute approximate surface area is 227 Å². The highest BCUT2D eigenvalue weighted by Crippen LogP contribution is 2.17. The average Bonchev–Trinajstić information content (AvgIpc) is 2.93. The summed E-state index contributed by atoms with van der Waals surface area (Å²) in [4.78, 5) is 11.3. The van der Waals surface area contributed by atoms with Gasteiger partial charge in [0.1, 0.15) is 11.0 Å². The standard InChI is InChI=1S/C28H44ClN7O/c29-26-20-27(32-14-5-15-36-16-18-37-19-17-36)35-28(34-26)33-22-24-10-8-23(9-11-24)21-30-12-4-13-31-25-6-2-1-3-7-25/h8-11,20,25,30-31H,1-7,12-19,21-22H2,(H2,32,33,34,35). The molecule has 0 amide bonds. The van der Waals surface area contributed by atoms with Crippen LogP contribution in [0.5, 0.6) is 0 Å². The van der Waals surface area contributed by atoms with Crippen molar-refractivity contribution in [2.45, 2.75) is 64.1 Å². The van der Waals surface area contributed by atoms with Crippen LogP contribution in [0, 0.1) is 0 Å². The van der Waals surface area contributed by atoms with Gasteiger partial charge < -0.3 is 26.0 Å². The van der Waals surface area contributed by atoms with Crippen LogP contribution >= 0.6 is 11.6 Å². The summed E-state index contributed by atoms with van der Waals surface area (Å²) < 4.78 is 5.41. The molecule has 0 atom stereocenters. The molecule has 4 N–H and O–H groups in total. The Kier molecular flexibility index (Phi) is 12.2. The van der Waals surface area contributed by atoms with E-state index in [-0.39, 0.29) is 0 Å². The molecule has 1 saturated carbocycles. The number of hydrogen-bond donors (Lipinski definition) is 4. The van der Waals surface area contributed by atoms with Gasteiger partial charge in [-0.2, -0.15) is 4.98 Å². The lowest BCUT2D eigenvalue weighted by molar-refractivity contribution is 0.0378. The third-order valence-corrected chi connectivity index (χ3v) is 7.32. The number of nitrogens with zero attached hydrogens (tertiary/aromatic N) is 3. The van der Waals surface area contributed by atoms with E-state index in [0.717, 1.165) is 77.3 Å². The van der Waals surface area contributed by atoms with Crippen LogP contribution in [0.15, 0.2) is 30.3 Å². The Hall–Kier alpha value is -1.97. The van der Waals surface area contributed by atoms with Crippen LogP contribution in [0.25, 0.3) is 0 Å². The molecular weight excluding hydrogens is 486 g/mol. The number of rotatable bonds is 15. The maximum Gasteiger partial charge on any atom is 0.226 e. The first-order valence-corrected chi connectivity index (χ1v) is 14.5. The number of anilines is 2. The lowest BCUT2D eigenvalue weighted by Crippen LogP contribution is -2.37. The van der Waals surface area contributed by atoms with Gasteiger partial charge >= 0.3 is 0 Å². The second kappa shape index (κ2) is 16.1. The smallest absolute Gasteiger partial charge is 0.226 e. The van der Waals surface area contributed by atoms with Crippen molar-refractivity contribution in [2.24, 2.45) is 0 Å². The van der Waals surface area contributed by atoms with E-state index >= 15 is 0 Å². The van der Waals surface area contributed by atoms with Crippen LogP contribution in [0.3, 0.4) is 0 Å². The third-order valence-electron chi connectivity index (χ3n) is 7.13. The van der Waals surface area contributed by atoms with Gasteiger partial charge in [0.15, 0.2) is 0 Å². The highest BCUT2D eigenvalue weighted by molar-refractivity contribution is 6.29. The summed E-state index contributed by atoms with van der Waals surface area (Å²) in [7, 11) is 0. The first-order chi connectivity index (χ1) is 18.2. The van der Waals surface area contributed by atoms with Crippen LogP contribution in [-0.4, -0.2) is 73.4 Å². The number of morpholine rings is 1. The molecule has 1 aromatic carbocycles. The van der Waals surface area contributed by atoms with Gasteiger partial charge in [0.2, 0.25) is 5.95 Å². The number of benzene rings is 1. The Morgan fingerprint density at radius 2 is 1.62 bits per heavy atom. The molecule has 9 heteroatoms. The molecule has 204 valence electrons. The molecule has 8 nitrogen and oxygen atoms in total. The van der Waals surface area contributed by atoms with Crippen molar-refractivity contribution < 1.29 is 4.74 Å². The molecule has 2 aromatic rings. The van der Waals surface area contributed by atoms with Gasteiger partial charge in [-0.05, 0) is 56.4 Å². The second-order valence-electron chi connectivity index (χ2n) is 10.1. The van der Waals surface area contributed by atoms with E-state index in [1.54, 1.807) is 6.07 Å². The van der Waals surface area contributed by atoms with Gasteiger partial charge in [-0.3, -0.25) is 4.90 Å². The Morgan fingerprint density at radius 1 is 0.865 bits per heavy atom. The lowest BCUT2D eigenvalue weighted by Gasteiger charge is -2.26. The van der Waals surface area contributed by atoms with Gasteiger partial charge in [0.05, 0.1) is 13.2 Å². The molecule has 1 aliphatic heterocycles. The first-order valence-electron chi connectivity index (χ1n) is 14.1. The zero-order chi connectivity index (χ0) is 25.5. The van der Waals surface area contributed by atoms with Crippen molar-refractivity contribution in [3.63, 3.8) is 0 Å². The Morgan fingerprint density at radius 3 is 2.41 bits per heavy atom. The molecule has 2 aliphatic rings. The highest BCUT2D eigenvalue weighted by atomic mass is 35.5. The van der Waals surface area contributed by atoms with Crippen molar-refractivity contribution in [3.8, 4) is 0 Å². The molecule has 0 bridgehead atoms. The summed E-state index contributed by atoms with van der Waals surface area (Å²) in [6.45, 7) is 9.31. The number of halogens is 1. The molecule has 0 radical (unpaired) electrons. The molecule has 2 fully saturated rings. The van der Waals surface area contributed by atoms with Crippen LogP contribution in [0.2, 0.25) is 5.15 Å². The van der Waals surface area contributed by atoms with E-state index in [9.17, 15) is 0 Å². The molecule has 37 heavy (non-hydrogen) atoms. The van der Waals surface area contributed by atoms with Crippen LogP contribution in [-0.2, 0) is 17.8 Å². The van der Waals surface area contributed by atoms with Gasteiger partial charge in [0.25, 0.3) is 0 Å². The fraction of sp³-hybridized carbons (Fsp3) is 0.643.